The molecular weight excluding hydrogens is 358 g/mol. The Kier molecular flexibility index (Phi) is 6.83. The number of carbonyl (C=O) groups is 2. The first kappa shape index (κ1) is 20.5. The molecule has 2 fully saturated rings. The molecule has 3 heterocycles. The number of esters is 1. The van der Waals surface area contributed by atoms with E-state index < -0.39 is 5.97 Å². The first-order valence-electron chi connectivity index (χ1n) is 10.2. The van der Waals surface area contributed by atoms with Crippen molar-refractivity contribution in [3.8, 4) is 0 Å². The summed E-state index contributed by atoms with van der Waals surface area (Å²) in [5, 5.41) is 8.04. The van der Waals surface area contributed by atoms with Crippen LogP contribution in [0.5, 0.6) is 0 Å². The van der Waals surface area contributed by atoms with Crippen molar-refractivity contribution in [1.29, 1.82) is 0 Å². The fraction of sp³-hybridized carbons (Fsp3) is 0.700. The van der Waals surface area contributed by atoms with Crippen LogP contribution < -0.4 is 0 Å². The first-order valence-corrected chi connectivity index (χ1v) is 10.2. The predicted molar refractivity (Wildman–Crippen MR) is 105 cm³/mol. The molecule has 8 heteroatoms. The smallest absolute Gasteiger partial charge is 0.360 e. The van der Waals surface area contributed by atoms with Gasteiger partial charge in [0.2, 0.25) is 5.91 Å². The van der Waals surface area contributed by atoms with Crippen molar-refractivity contribution in [2.24, 2.45) is 0 Å². The Morgan fingerprint density at radius 3 is 2.61 bits per heavy atom. The highest BCUT2D eigenvalue weighted by molar-refractivity contribution is 5.86. The second kappa shape index (κ2) is 9.32. The van der Waals surface area contributed by atoms with Gasteiger partial charge in [0, 0.05) is 26.2 Å². The monoisotopic (exact) mass is 389 g/mol. The zero-order chi connectivity index (χ0) is 20.1. The first-order chi connectivity index (χ1) is 13.5. The summed E-state index contributed by atoms with van der Waals surface area (Å²) >= 11 is 0. The summed E-state index contributed by atoms with van der Waals surface area (Å²) in [6.45, 7) is 7.29. The van der Waals surface area contributed by atoms with Gasteiger partial charge in [-0.3, -0.25) is 9.69 Å². The van der Waals surface area contributed by atoms with Crippen molar-refractivity contribution in [3.05, 3.63) is 23.5 Å². The van der Waals surface area contributed by atoms with E-state index in [0.717, 1.165) is 32.5 Å². The van der Waals surface area contributed by atoms with Crippen LogP contribution in [0.3, 0.4) is 0 Å². The highest BCUT2D eigenvalue weighted by Crippen LogP contribution is 2.29. The molecule has 3 rings (SSSR count). The van der Waals surface area contributed by atoms with Crippen LogP contribution in [0.4, 0.5) is 0 Å². The van der Waals surface area contributed by atoms with Gasteiger partial charge in [0.25, 0.3) is 0 Å². The minimum absolute atomic E-state index is 0.0106. The van der Waals surface area contributed by atoms with Crippen LogP contribution in [0.25, 0.3) is 0 Å². The Morgan fingerprint density at radius 1 is 1.25 bits per heavy atom. The number of nitrogens with zero attached hydrogens (tertiary/aromatic N) is 5. The molecule has 0 N–H and O–H groups in total. The van der Waals surface area contributed by atoms with E-state index in [1.54, 1.807) is 10.9 Å². The summed E-state index contributed by atoms with van der Waals surface area (Å²) in [5.74, 6) is -0.273. The largest absolute Gasteiger partial charge is 0.464 e. The molecule has 28 heavy (non-hydrogen) atoms. The molecule has 2 saturated heterocycles. The molecule has 2 aliphatic heterocycles. The lowest BCUT2D eigenvalue weighted by Crippen LogP contribution is -2.46. The highest BCUT2D eigenvalue weighted by Gasteiger charge is 2.40. The van der Waals surface area contributed by atoms with Gasteiger partial charge in [-0.05, 0) is 33.1 Å². The molecule has 154 valence electrons. The van der Waals surface area contributed by atoms with E-state index in [1.807, 2.05) is 11.8 Å². The Morgan fingerprint density at radius 2 is 1.96 bits per heavy atom. The minimum Gasteiger partial charge on any atom is -0.464 e. The normalized spacial score (nSPS) is 24.2. The molecule has 1 amide bonds. The van der Waals surface area contributed by atoms with Gasteiger partial charge in [-0.2, -0.15) is 0 Å². The zero-order valence-electron chi connectivity index (χ0n) is 17.1. The average molecular weight is 390 g/mol. The average Bonchev–Trinajstić information content (AvgIpc) is 3.26. The molecule has 0 bridgehead atoms. The van der Waals surface area contributed by atoms with Gasteiger partial charge in [-0.1, -0.05) is 29.7 Å². The predicted octanol–water partition coefficient (Wildman–Crippen LogP) is 2.05. The van der Waals surface area contributed by atoms with Gasteiger partial charge < -0.3 is 9.64 Å². The maximum Gasteiger partial charge on any atom is 0.360 e. The molecule has 0 aromatic carbocycles. The molecule has 0 radical (unpaired) electrons. The molecule has 8 nitrogen and oxygen atoms in total. The third kappa shape index (κ3) is 4.60. The third-order valence-corrected chi connectivity index (χ3v) is 5.81. The summed E-state index contributed by atoms with van der Waals surface area (Å²) < 4.78 is 6.43. The number of amides is 1. The molecule has 1 aromatic heterocycles. The topological polar surface area (TPSA) is 80.6 Å². The maximum atomic E-state index is 13.3. The van der Waals surface area contributed by atoms with Crippen molar-refractivity contribution >= 4 is 11.9 Å². The number of likely N-dealkylation sites (tertiary alicyclic amines) is 2. The Bertz CT molecular complexity index is 721. The van der Waals surface area contributed by atoms with Gasteiger partial charge in [-0.15, -0.1) is 5.10 Å². The Labute approximate surface area is 166 Å². The molecule has 0 aliphatic carbocycles. The van der Waals surface area contributed by atoms with E-state index >= 15 is 0 Å². The summed E-state index contributed by atoms with van der Waals surface area (Å²) in [6, 6.07) is -0.153. The maximum absolute atomic E-state index is 13.3. The van der Waals surface area contributed by atoms with Gasteiger partial charge >= 0.3 is 5.97 Å². The standard InChI is InChI=1S/C20H31N5O3/c1-4-15(2)12-24-13-16(25-14-17(21-22-25)20(27)28-3)11-18(24)19(26)23-9-7-5-6-8-10-23/h4,14,16,18H,5-13H2,1-3H3/t16-,18+/m1/s1. The fourth-order valence-electron chi connectivity index (χ4n) is 4.07. The van der Waals surface area contributed by atoms with Crippen LogP contribution in [-0.2, 0) is 9.53 Å². The number of hydrogen-bond donors (Lipinski definition) is 0. The molecule has 0 saturated carbocycles. The summed E-state index contributed by atoms with van der Waals surface area (Å²) in [4.78, 5) is 29.3. The number of carbonyl (C=O) groups excluding carboxylic acids is 2. The van der Waals surface area contributed by atoms with Gasteiger partial charge in [-0.25, -0.2) is 9.48 Å². The van der Waals surface area contributed by atoms with E-state index in [0.29, 0.717) is 13.0 Å². The minimum atomic E-state index is -0.497. The van der Waals surface area contributed by atoms with E-state index in [2.05, 4.69) is 28.2 Å². The van der Waals surface area contributed by atoms with Crippen LogP contribution in [0.1, 0.15) is 62.5 Å². The quantitative estimate of drug-likeness (QED) is 0.566. The van der Waals surface area contributed by atoms with Crippen molar-refractivity contribution in [3.63, 3.8) is 0 Å². The summed E-state index contributed by atoms with van der Waals surface area (Å²) in [6.07, 6.45) is 8.96. The number of ether oxygens (including phenoxy) is 1. The molecule has 2 atom stereocenters. The molecule has 2 aliphatic rings. The van der Waals surface area contributed by atoms with E-state index in [9.17, 15) is 9.59 Å². The number of rotatable bonds is 5. The van der Waals surface area contributed by atoms with Gasteiger partial charge in [0.1, 0.15) is 0 Å². The number of allylic oxidation sites excluding steroid dienone is 1. The van der Waals surface area contributed by atoms with E-state index in [1.165, 1.54) is 25.5 Å². The van der Waals surface area contributed by atoms with Crippen molar-refractivity contribution in [2.45, 2.75) is 58.0 Å². The van der Waals surface area contributed by atoms with Crippen LogP contribution in [0.15, 0.2) is 17.8 Å². The van der Waals surface area contributed by atoms with E-state index in [4.69, 9.17) is 4.74 Å². The molecular formula is C20H31N5O3. The summed E-state index contributed by atoms with van der Waals surface area (Å²) in [5.41, 5.74) is 1.43. The second-order valence-corrected chi connectivity index (χ2v) is 7.78. The van der Waals surface area contributed by atoms with Gasteiger partial charge in [0.15, 0.2) is 5.69 Å². The molecule has 0 spiro atoms. The molecule has 1 aromatic rings. The Hall–Kier alpha value is -2.22. The zero-order valence-corrected chi connectivity index (χ0v) is 17.1. The molecule has 0 unspecified atom stereocenters. The number of aromatic nitrogens is 3. The van der Waals surface area contributed by atoms with Crippen LogP contribution in [0.2, 0.25) is 0 Å². The third-order valence-electron chi connectivity index (χ3n) is 5.81. The van der Waals surface area contributed by atoms with Crippen molar-refractivity contribution in [1.82, 2.24) is 24.8 Å². The number of methoxy groups -OCH3 is 1. The number of hydrogen-bond acceptors (Lipinski definition) is 6. The lowest BCUT2D eigenvalue weighted by Gasteiger charge is -2.29. The SMILES string of the molecule is CC=C(C)CN1C[C@H](n2cc(C(=O)OC)nn2)C[C@H]1C(=O)N1CCCCCC1. The highest BCUT2D eigenvalue weighted by atomic mass is 16.5. The van der Waals surface area contributed by atoms with Crippen molar-refractivity contribution in [2.75, 3.05) is 33.3 Å². The van der Waals surface area contributed by atoms with Crippen LogP contribution >= 0.6 is 0 Å². The fourth-order valence-corrected chi connectivity index (χ4v) is 4.07. The second-order valence-electron chi connectivity index (χ2n) is 7.78. The lowest BCUT2D eigenvalue weighted by molar-refractivity contribution is -0.135. The van der Waals surface area contributed by atoms with E-state index in [-0.39, 0.29) is 23.7 Å². The van der Waals surface area contributed by atoms with Crippen LogP contribution in [-0.4, -0.2) is 76.0 Å². The van der Waals surface area contributed by atoms with Crippen LogP contribution in [0, 0.1) is 0 Å². The van der Waals surface area contributed by atoms with Crippen molar-refractivity contribution < 1.29 is 14.3 Å². The Balaban J connectivity index is 1.77. The summed E-state index contributed by atoms with van der Waals surface area (Å²) in [7, 11) is 1.33. The van der Waals surface area contributed by atoms with Gasteiger partial charge in [0.05, 0.1) is 25.4 Å². The lowest BCUT2D eigenvalue weighted by atomic mass is 10.1.